The van der Waals surface area contributed by atoms with Gasteiger partial charge < -0.3 is 15.1 Å². The lowest BCUT2D eigenvalue weighted by Crippen LogP contribution is -2.48. The first-order chi connectivity index (χ1) is 13.8. The number of carbonyl (C=O) groups is 2. The molecule has 0 spiro atoms. The molecule has 0 bridgehead atoms. The second kappa shape index (κ2) is 8.72. The largest absolute Gasteiger partial charge is 0.362 e. The molecule has 2 aromatic rings. The van der Waals surface area contributed by atoms with Crippen LogP contribution in [0.2, 0.25) is 0 Å². The summed E-state index contributed by atoms with van der Waals surface area (Å²) in [7, 11) is 0. The third kappa shape index (κ3) is 4.90. The van der Waals surface area contributed by atoms with Gasteiger partial charge in [0.15, 0.2) is 0 Å². The van der Waals surface area contributed by atoms with E-state index in [1.54, 1.807) is 17.0 Å². The molecule has 1 saturated heterocycles. The van der Waals surface area contributed by atoms with Crippen molar-refractivity contribution in [1.82, 2.24) is 10.2 Å². The standard InChI is InChI=1S/C21H24N4O4/c1-15-4-3-5-17(12-15)14-22-21(27)18-6-7-19(20(13-18)25(28)29)24-10-8-23(9-11-24)16(2)26/h3-7,12-13H,8-11,14H2,1-2H3,(H,22,27). The lowest BCUT2D eigenvalue weighted by molar-refractivity contribution is -0.384. The Morgan fingerprint density at radius 3 is 2.45 bits per heavy atom. The predicted molar refractivity (Wildman–Crippen MR) is 110 cm³/mol. The molecular formula is C21H24N4O4. The van der Waals surface area contributed by atoms with Gasteiger partial charge in [-0.2, -0.15) is 0 Å². The number of hydrogen-bond donors (Lipinski definition) is 1. The van der Waals surface area contributed by atoms with Crippen LogP contribution in [0.4, 0.5) is 11.4 Å². The zero-order valence-corrected chi connectivity index (χ0v) is 16.6. The summed E-state index contributed by atoms with van der Waals surface area (Å²) in [6, 6.07) is 12.3. The van der Waals surface area contributed by atoms with Crippen LogP contribution >= 0.6 is 0 Å². The van der Waals surface area contributed by atoms with Crippen molar-refractivity contribution < 1.29 is 14.5 Å². The van der Waals surface area contributed by atoms with Crippen LogP contribution < -0.4 is 10.2 Å². The SMILES string of the molecule is CC(=O)N1CCN(c2ccc(C(=O)NCc3cccc(C)c3)cc2[N+](=O)[O-])CC1. The van der Waals surface area contributed by atoms with Crippen molar-refractivity contribution in [3.8, 4) is 0 Å². The number of amides is 2. The first-order valence-electron chi connectivity index (χ1n) is 9.48. The number of nitrogens with zero attached hydrogens (tertiary/aromatic N) is 3. The van der Waals surface area contributed by atoms with Crippen molar-refractivity contribution >= 4 is 23.2 Å². The highest BCUT2D eigenvalue weighted by Gasteiger charge is 2.25. The van der Waals surface area contributed by atoms with E-state index >= 15 is 0 Å². The van der Waals surface area contributed by atoms with Gasteiger partial charge in [0, 0.05) is 51.3 Å². The van der Waals surface area contributed by atoms with E-state index in [1.807, 2.05) is 36.1 Å². The highest BCUT2D eigenvalue weighted by Crippen LogP contribution is 2.30. The Hall–Kier alpha value is -3.42. The van der Waals surface area contributed by atoms with Gasteiger partial charge in [-0.3, -0.25) is 19.7 Å². The summed E-state index contributed by atoms with van der Waals surface area (Å²) in [5.41, 5.74) is 2.67. The van der Waals surface area contributed by atoms with E-state index in [2.05, 4.69) is 5.32 Å². The number of hydrogen-bond acceptors (Lipinski definition) is 5. The van der Waals surface area contributed by atoms with Crippen LogP contribution in [0.25, 0.3) is 0 Å². The van der Waals surface area contributed by atoms with Crippen molar-refractivity contribution in [3.63, 3.8) is 0 Å². The third-order valence-electron chi connectivity index (χ3n) is 5.04. The van der Waals surface area contributed by atoms with E-state index in [0.717, 1.165) is 11.1 Å². The number of benzene rings is 2. The second-order valence-electron chi connectivity index (χ2n) is 7.13. The Kier molecular flexibility index (Phi) is 6.11. The summed E-state index contributed by atoms with van der Waals surface area (Å²) in [6.45, 7) is 5.91. The molecule has 1 fully saturated rings. The van der Waals surface area contributed by atoms with Crippen LogP contribution in [-0.4, -0.2) is 47.8 Å². The lowest BCUT2D eigenvalue weighted by atomic mass is 10.1. The zero-order valence-electron chi connectivity index (χ0n) is 16.6. The van der Waals surface area contributed by atoms with Gasteiger partial charge in [0.25, 0.3) is 11.6 Å². The quantitative estimate of drug-likeness (QED) is 0.619. The fourth-order valence-electron chi connectivity index (χ4n) is 3.45. The molecule has 2 amide bonds. The van der Waals surface area contributed by atoms with Gasteiger partial charge in [0.2, 0.25) is 5.91 Å². The molecule has 3 rings (SSSR count). The molecule has 8 heteroatoms. The molecule has 2 aromatic carbocycles. The van der Waals surface area contributed by atoms with E-state index in [-0.39, 0.29) is 23.1 Å². The molecule has 1 aliphatic heterocycles. The molecule has 152 valence electrons. The maximum Gasteiger partial charge on any atom is 0.293 e. The molecule has 0 atom stereocenters. The molecule has 0 aliphatic carbocycles. The maximum absolute atomic E-state index is 12.5. The third-order valence-corrected chi connectivity index (χ3v) is 5.04. The van der Waals surface area contributed by atoms with Crippen LogP contribution in [-0.2, 0) is 11.3 Å². The van der Waals surface area contributed by atoms with Gasteiger partial charge >= 0.3 is 0 Å². The van der Waals surface area contributed by atoms with E-state index in [0.29, 0.717) is 38.4 Å². The minimum absolute atomic E-state index is 0.000205. The fraction of sp³-hybridized carbons (Fsp3) is 0.333. The summed E-state index contributed by atoms with van der Waals surface area (Å²) in [4.78, 5) is 38.7. The monoisotopic (exact) mass is 396 g/mol. The van der Waals surface area contributed by atoms with Gasteiger partial charge in [-0.1, -0.05) is 29.8 Å². The van der Waals surface area contributed by atoms with E-state index in [1.165, 1.54) is 13.0 Å². The Balaban J connectivity index is 1.73. The number of nitro groups is 1. The van der Waals surface area contributed by atoms with Gasteiger partial charge in [0.1, 0.15) is 5.69 Å². The summed E-state index contributed by atoms with van der Waals surface area (Å²) >= 11 is 0. The highest BCUT2D eigenvalue weighted by molar-refractivity contribution is 5.95. The van der Waals surface area contributed by atoms with Crippen LogP contribution in [0.3, 0.4) is 0 Å². The summed E-state index contributed by atoms with van der Waals surface area (Å²) in [6.07, 6.45) is 0. The number of aryl methyl sites for hydroxylation is 1. The van der Waals surface area contributed by atoms with Crippen molar-refractivity contribution in [3.05, 3.63) is 69.3 Å². The van der Waals surface area contributed by atoms with Gasteiger partial charge in [-0.25, -0.2) is 0 Å². The average Bonchev–Trinajstić information content (AvgIpc) is 2.71. The minimum Gasteiger partial charge on any atom is -0.362 e. The molecule has 0 aromatic heterocycles. The van der Waals surface area contributed by atoms with Gasteiger partial charge in [-0.05, 0) is 24.6 Å². The zero-order chi connectivity index (χ0) is 21.0. The molecule has 8 nitrogen and oxygen atoms in total. The second-order valence-corrected chi connectivity index (χ2v) is 7.13. The fourth-order valence-corrected chi connectivity index (χ4v) is 3.45. The normalized spacial score (nSPS) is 13.9. The Morgan fingerprint density at radius 1 is 1.10 bits per heavy atom. The average molecular weight is 396 g/mol. The smallest absolute Gasteiger partial charge is 0.293 e. The molecule has 0 unspecified atom stereocenters. The molecular weight excluding hydrogens is 372 g/mol. The number of nitrogens with one attached hydrogen (secondary N) is 1. The van der Waals surface area contributed by atoms with Crippen LogP contribution in [0.1, 0.15) is 28.4 Å². The van der Waals surface area contributed by atoms with Crippen LogP contribution in [0, 0.1) is 17.0 Å². The van der Waals surface area contributed by atoms with Crippen molar-refractivity contribution in [2.45, 2.75) is 20.4 Å². The lowest BCUT2D eigenvalue weighted by Gasteiger charge is -2.35. The number of carbonyl (C=O) groups excluding carboxylic acids is 2. The predicted octanol–water partition coefficient (Wildman–Crippen LogP) is 2.50. The summed E-state index contributed by atoms with van der Waals surface area (Å²) in [5.74, 6) is -0.359. The first kappa shape index (κ1) is 20.3. The van der Waals surface area contributed by atoms with E-state index in [4.69, 9.17) is 0 Å². The van der Waals surface area contributed by atoms with E-state index in [9.17, 15) is 19.7 Å². The number of piperazine rings is 1. The topological polar surface area (TPSA) is 95.8 Å². The Labute approximate surface area is 169 Å². The summed E-state index contributed by atoms with van der Waals surface area (Å²) < 4.78 is 0. The Bertz CT molecular complexity index is 936. The summed E-state index contributed by atoms with van der Waals surface area (Å²) in [5, 5.41) is 14.4. The number of nitro benzene ring substituents is 1. The minimum atomic E-state index is -0.468. The molecule has 29 heavy (non-hydrogen) atoms. The van der Waals surface area contributed by atoms with Crippen molar-refractivity contribution in [2.75, 3.05) is 31.1 Å². The molecule has 1 aliphatic rings. The highest BCUT2D eigenvalue weighted by atomic mass is 16.6. The first-order valence-corrected chi connectivity index (χ1v) is 9.48. The van der Waals surface area contributed by atoms with Crippen LogP contribution in [0.5, 0.6) is 0 Å². The molecule has 1 heterocycles. The maximum atomic E-state index is 12.5. The van der Waals surface area contributed by atoms with E-state index < -0.39 is 4.92 Å². The molecule has 1 N–H and O–H groups in total. The van der Waals surface area contributed by atoms with Crippen LogP contribution in [0.15, 0.2) is 42.5 Å². The molecule has 0 saturated carbocycles. The Morgan fingerprint density at radius 2 is 1.83 bits per heavy atom. The van der Waals surface area contributed by atoms with Gasteiger partial charge in [-0.15, -0.1) is 0 Å². The van der Waals surface area contributed by atoms with Crippen molar-refractivity contribution in [1.29, 1.82) is 0 Å². The molecule has 0 radical (unpaired) electrons. The van der Waals surface area contributed by atoms with Gasteiger partial charge in [0.05, 0.1) is 4.92 Å². The van der Waals surface area contributed by atoms with Crippen molar-refractivity contribution in [2.24, 2.45) is 0 Å². The number of anilines is 1. The number of rotatable bonds is 5.